The third kappa shape index (κ3) is 7.85. The summed E-state index contributed by atoms with van der Waals surface area (Å²) in [5.41, 5.74) is 0.566. The molecular weight excluding hydrogens is 451 g/mol. The van der Waals surface area contributed by atoms with Crippen molar-refractivity contribution in [2.75, 3.05) is 19.0 Å². The van der Waals surface area contributed by atoms with E-state index in [0.717, 1.165) is 5.92 Å². The van der Waals surface area contributed by atoms with Crippen LogP contribution in [0, 0.1) is 17.7 Å². The highest BCUT2D eigenvalue weighted by molar-refractivity contribution is 6.28. The van der Waals surface area contributed by atoms with Crippen LogP contribution in [0.5, 0.6) is 0 Å². The number of rotatable bonds is 8. The molecule has 3 amide bonds. The Morgan fingerprint density at radius 3 is 2.52 bits per heavy atom. The van der Waals surface area contributed by atoms with E-state index in [1.807, 2.05) is 0 Å². The number of hydrogen-bond acceptors (Lipinski definition) is 4. The normalized spacial score (nSPS) is 16.1. The highest BCUT2D eigenvalue weighted by Gasteiger charge is 2.30. The Balaban J connectivity index is 0.000000890. The van der Waals surface area contributed by atoms with E-state index in [-0.39, 0.29) is 41.8 Å². The molecule has 0 spiro atoms. The minimum absolute atomic E-state index is 0.105. The average Bonchev–Trinajstić information content (AvgIpc) is 3.37. The van der Waals surface area contributed by atoms with Crippen molar-refractivity contribution in [1.29, 1.82) is 0 Å². The molecule has 10 heteroatoms. The zero-order valence-electron chi connectivity index (χ0n) is 19.0. The van der Waals surface area contributed by atoms with Crippen LogP contribution in [0.4, 0.5) is 4.39 Å². The zero-order valence-corrected chi connectivity index (χ0v) is 19.7. The Bertz CT molecular complexity index is 1000. The van der Waals surface area contributed by atoms with Gasteiger partial charge in [0.15, 0.2) is 5.78 Å². The number of amides is 3. The van der Waals surface area contributed by atoms with Gasteiger partial charge in [0.1, 0.15) is 11.5 Å². The lowest BCUT2D eigenvalue weighted by Gasteiger charge is -2.19. The monoisotopic (exact) mass is 480 g/mol. The summed E-state index contributed by atoms with van der Waals surface area (Å²) in [6, 6.07) is 4.87. The molecule has 0 bridgehead atoms. The van der Waals surface area contributed by atoms with E-state index in [0.29, 0.717) is 18.5 Å². The number of fused-ring (bicyclic) bond motifs is 1. The molecule has 1 aliphatic rings. The van der Waals surface area contributed by atoms with E-state index in [4.69, 9.17) is 11.6 Å². The molecule has 1 aromatic carbocycles. The number of aromatic nitrogens is 1. The van der Waals surface area contributed by atoms with Crippen molar-refractivity contribution >= 4 is 46.0 Å². The maximum absolute atomic E-state index is 13.7. The Labute approximate surface area is 197 Å². The molecule has 0 aliphatic carbocycles. The van der Waals surface area contributed by atoms with Crippen LogP contribution in [0.3, 0.4) is 0 Å². The molecule has 4 N–H and O–H groups in total. The molecule has 8 nitrogen and oxygen atoms in total. The van der Waals surface area contributed by atoms with Gasteiger partial charge in [-0.05, 0) is 37.0 Å². The number of ketones is 1. The number of Topliss-reactive ketones (excluding diaryl/α,β-unsaturated/α-hetero) is 1. The summed E-state index contributed by atoms with van der Waals surface area (Å²) < 4.78 is 13.7. The number of carbonyl (C=O) groups excluding carboxylic acids is 4. The zero-order chi connectivity index (χ0) is 24.5. The second-order valence-corrected chi connectivity index (χ2v) is 8.80. The van der Waals surface area contributed by atoms with Gasteiger partial charge in [0.2, 0.25) is 11.8 Å². The molecule has 1 aromatic heterocycles. The highest BCUT2D eigenvalue weighted by Crippen LogP contribution is 2.19. The smallest absolute Gasteiger partial charge is 0.268 e. The van der Waals surface area contributed by atoms with Crippen molar-refractivity contribution in [1.82, 2.24) is 20.9 Å². The van der Waals surface area contributed by atoms with E-state index in [1.165, 1.54) is 18.2 Å². The first-order valence-electron chi connectivity index (χ1n) is 10.8. The predicted octanol–water partition coefficient (Wildman–Crippen LogP) is 2.52. The van der Waals surface area contributed by atoms with Crippen molar-refractivity contribution in [2.45, 2.75) is 39.7 Å². The molecule has 33 heavy (non-hydrogen) atoms. The third-order valence-corrected chi connectivity index (χ3v) is 5.07. The predicted molar refractivity (Wildman–Crippen MR) is 124 cm³/mol. The maximum Gasteiger partial charge on any atom is 0.268 e. The first-order valence-corrected chi connectivity index (χ1v) is 11.4. The second-order valence-electron chi connectivity index (χ2n) is 8.53. The molecule has 2 heterocycles. The minimum atomic E-state index is -0.909. The van der Waals surface area contributed by atoms with Crippen LogP contribution in [0.1, 0.15) is 44.1 Å². The number of aromatic amines is 1. The van der Waals surface area contributed by atoms with Crippen LogP contribution in [0.25, 0.3) is 10.9 Å². The van der Waals surface area contributed by atoms with Gasteiger partial charge in [-0.25, -0.2) is 4.39 Å². The van der Waals surface area contributed by atoms with Crippen LogP contribution in [-0.4, -0.2) is 53.5 Å². The van der Waals surface area contributed by atoms with Crippen LogP contribution < -0.4 is 16.0 Å². The summed E-state index contributed by atoms with van der Waals surface area (Å²) in [7, 11) is 0. The molecule has 0 saturated carbocycles. The lowest BCUT2D eigenvalue weighted by molar-refractivity contribution is -0.128. The van der Waals surface area contributed by atoms with Gasteiger partial charge in [-0.2, -0.15) is 0 Å². The number of alkyl halides is 1. The number of nitrogens with one attached hydrogen (secondary N) is 4. The number of halogens is 2. The molecule has 1 saturated heterocycles. The van der Waals surface area contributed by atoms with Crippen molar-refractivity contribution < 1.29 is 23.6 Å². The van der Waals surface area contributed by atoms with Gasteiger partial charge in [0, 0.05) is 23.4 Å². The van der Waals surface area contributed by atoms with E-state index in [2.05, 4.69) is 41.7 Å². The summed E-state index contributed by atoms with van der Waals surface area (Å²) in [5, 5.41) is 7.88. The molecule has 180 valence electrons. The molecule has 0 radical (unpaired) electrons. The first-order chi connectivity index (χ1) is 15.6. The van der Waals surface area contributed by atoms with Gasteiger partial charge in [0.25, 0.3) is 5.91 Å². The Kier molecular flexibility index (Phi) is 9.84. The fraction of sp³-hybridized carbons (Fsp3) is 0.478. The van der Waals surface area contributed by atoms with E-state index < -0.39 is 29.5 Å². The fourth-order valence-corrected chi connectivity index (χ4v) is 3.45. The summed E-state index contributed by atoms with van der Waals surface area (Å²) in [5.74, 6) is -2.05. The van der Waals surface area contributed by atoms with Gasteiger partial charge >= 0.3 is 0 Å². The first kappa shape index (κ1) is 26.3. The number of carbonyl (C=O) groups is 4. The average molecular weight is 481 g/mol. The Morgan fingerprint density at radius 2 is 1.94 bits per heavy atom. The second kappa shape index (κ2) is 12.3. The van der Waals surface area contributed by atoms with Crippen LogP contribution in [0.15, 0.2) is 24.3 Å². The maximum atomic E-state index is 13.7. The van der Waals surface area contributed by atoms with Crippen molar-refractivity contribution in [3.63, 3.8) is 0 Å². The summed E-state index contributed by atoms with van der Waals surface area (Å²) >= 11 is 5.61. The van der Waals surface area contributed by atoms with Crippen LogP contribution in [0.2, 0.25) is 0 Å². The summed E-state index contributed by atoms with van der Waals surface area (Å²) in [4.78, 5) is 51.0. The van der Waals surface area contributed by atoms with E-state index in [1.54, 1.807) is 6.07 Å². The van der Waals surface area contributed by atoms with Crippen LogP contribution in [-0.2, 0) is 14.4 Å². The topological polar surface area (TPSA) is 120 Å². The molecular formula is C23H30ClFN4O4. The third-order valence-electron chi connectivity index (χ3n) is 4.80. The van der Waals surface area contributed by atoms with Gasteiger partial charge in [0.05, 0.1) is 18.5 Å². The number of H-pyrrole nitrogens is 1. The molecule has 2 aromatic rings. The quantitative estimate of drug-likeness (QED) is 0.434. The lowest BCUT2D eigenvalue weighted by Crippen LogP contribution is -2.47. The molecule has 2 unspecified atom stereocenters. The van der Waals surface area contributed by atoms with Crippen molar-refractivity contribution in [2.24, 2.45) is 11.8 Å². The van der Waals surface area contributed by atoms with Gasteiger partial charge < -0.3 is 20.9 Å². The van der Waals surface area contributed by atoms with Crippen molar-refractivity contribution in [3.8, 4) is 0 Å². The van der Waals surface area contributed by atoms with Crippen LogP contribution >= 0.6 is 11.6 Å². The summed E-state index contributed by atoms with van der Waals surface area (Å²) in [6.07, 6.45) is 0.729. The van der Waals surface area contributed by atoms with Gasteiger partial charge in [-0.1, -0.05) is 26.8 Å². The minimum Gasteiger partial charge on any atom is -0.356 e. The standard InChI is InChI=1S/C19H20ClFN4O4.C4H10/c20-8-16(26)14(6-10-4-5-22-18(10)28)25-17(27)9-23-19(29)15-7-11-12(21)2-1-3-13(11)24-15;1-4(2)3/h1-3,7,10,14,24H,4-6,8-9H2,(H,22,28)(H,23,29)(H,25,27);4H,1-3H3. The van der Waals surface area contributed by atoms with E-state index >= 15 is 0 Å². The van der Waals surface area contributed by atoms with Crippen molar-refractivity contribution in [3.05, 3.63) is 35.8 Å². The summed E-state index contributed by atoms with van der Waals surface area (Å²) in [6.45, 7) is 6.64. The van der Waals surface area contributed by atoms with E-state index in [9.17, 15) is 23.6 Å². The Morgan fingerprint density at radius 1 is 1.24 bits per heavy atom. The number of benzene rings is 1. The largest absolute Gasteiger partial charge is 0.356 e. The SMILES string of the molecule is CC(C)C.O=C(CNC(=O)c1cc2c(F)cccc2[nH]1)NC(CC1CCNC1=O)C(=O)CCl. The molecule has 2 atom stereocenters. The lowest BCUT2D eigenvalue weighted by atomic mass is 9.96. The number of hydrogen-bond donors (Lipinski definition) is 4. The van der Waals surface area contributed by atoms with Gasteiger partial charge in [-0.3, -0.25) is 19.2 Å². The molecule has 1 aliphatic heterocycles. The fourth-order valence-electron chi connectivity index (χ4n) is 3.26. The Hall–Kier alpha value is -2.94. The molecule has 3 rings (SSSR count). The highest BCUT2D eigenvalue weighted by atomic mass is 35.5. The molecule has 1 fully saturated rings. The van der Waals surface area contributed by atoms with Gasteiger partial charge in [-0.15, -0.1) is 11.6 Å².